The highest BCUT2D eigenvalue weighted by Gasteiger charge is 2.24. The lowest BCUT2D eigenvalue weighted by Crippen LogP contribution is -2.42. The van der Waals surface area contributed by atoms with Crippen molar-refractivity contribution in [1.82, 2.24) is 5.32 Å². The number of ether oxygens (including phenoxy) is 2. The minimum Gasteiger partial charge on any atom is -0.497 e. The summed E-state index contributed by atoms with van der Waals surface area (Å²) in [6.45, 7) is 0. The summed E-state index contributed by atoms with van der Waals surface area (Å²) in [5.74, 6) is -0.774. The number of amides is 1. The Bertz CT molecular complexity index is 825. The third-order valence-corrected chi connectivity index (χ3v) is 4.26. The summed E-state index contributed by atoms with van der Waals surface area (Å²) in [7, 11) is 2.99. The zero-order chi connectivity index (χ0) is 19.3. The molecule has 2 rings (SSSR count). The molecule has 0 radical (unpaired) electrons. The van der Waals surface area contributed by atoms with Crippen LogP contribution in [0.2, 0.25) is 10.0 Å². The van der Waals surface area contributed by atoms with Crippen LogP contribution in [-0.4, -0.2) is 37.2 Å². The lowest BCUT2D eigenvalue weighted by molar-refractivity contribution is -0.139. The number of carbonyl (C=O) groups excluding carboxylic acids is 1. The van der Waals surface area contributed by atoms with E-state index in [0.29, 0.717) is 22.1 Å². The molecule has 8 heteroatoms. The first kappa shape index (κ1) is 19.9. The molecule has 0 bridgehead atoms. The van der Waals surface area contributed by atoms with Crippen LogP contribution >= 0.6 is 23.2 Å². The van der Waals surface area contributed by atoms with E-state index in [2.05, 4.69) is 5.32 Å². The Balaban J connectivity index is 2.23. The fraction of sp³-hybridized carbons (Fsp3) is 0.222. The van der Waals surface area contributed by atoms with E-state index in [-0.39, 0.29) is 17.0 Å². The summed E-state index contributed by atoms with van der Waals surface area (Å²) in [6, 6.07) is 8.23. The third-order valence-electron chi connectivity index (χ3n) is 3.69. The molecule has 2 aromatic carbocycles. The van der Waals surface area contributed by atoms with Crippen molar-refractivity contribution < 1.29 is 24.2 Å². The van der Waals surface area contributed by atoms with E-state index in [4.69, 9.17) is 32.7 Å². The standard InChI is InChI=1S/C18H17Cl2NO5/c1-25-12-5-3-10(16(9-12)26-2)7-15(18(23)24)21-17(22)13-8-11(19)4-6-14(13)20/h3-6,8-9,15H,7H2,1-2H3,(H,21,22)(H,23,24)/t15-/m0/s1. The van der Waals surface area contributed by atoms with Crippen LogP contribution in [0.1, 0.15) is 15.9 Å². The van der Waals surface area contributed by atoms with Gasteiger partial charge in [-0.1, -0.05) is 29.3 Å². The molecule has 0 fully saturated rings. The highest BCUT2D eigenvalue weighted by atomic mass is 35.5. The van der Waals surface area contributed by atoms with Crippen LogP contribution in [0.4, 0.5) is 0 Å². The predicted molar refractivity (Wildman–Crippen MR) is 98.6 cm³/mol. The maximum absolute atomic E-state index is 12.4. The van der Waals surface area contributed by atoms with Gasteiger partial charge in [0, 0.05) is 17.5 Å². The molecule has 0 aliphatic heterocycles. The van der Waals surface area contributed by atoms with Crippen molar-refractivity contribution in [3.05, 3.63) is 57.6 Å². The SMILES string of the molecule is COc1ccc(C[C@H](NC(=O)c2cc(Cl)ccc2Cl)C(=O)O)c(OC)c1. The molecule has 2 aromatic rings. The summed E-state index contributed by atoms with van der Waals surface area (Å²) in [5, 5.41) is 12.4. The molecule has 0 aliphatic carbocycles. The maximum atomic E-state index is 12.4. The molecule has 2 N–H and O–H groups in total. The van der Waals surface area contributed by atoms with Gasteiger partial charge in [0.2, 0.25) is 0 Å². The molecule has 138 valence electrons. The Morgan fingerprint density at radius 2 is 1.85 bits per heavy atom. The van der Waals surface area contributed by atoms with E-state index in [1.54, 1.807) is 18.2 Å². The number of benzene rings is 2. The average Bonchev–Trinajstić information content (AvgIpc) is 2.63. The number of aliphatic carboxylic acids is 1. The van der Waals surface area contributed by atoms with E-state index in [1.165, 1.54) is 32.4 Å². The van der Waals surface area contributed by atoms with Crippen LogP contribution in [0.3, 0.4) is 0 Å². The van der Waals surface area contributed by atoms with Crippen molar-refractivity contribution in [2.45, 2.75) is 12.5 Å². The number of carboxylic acids is 1. The molecule has 0 saturated heterocycles. The molecule has 1 atom stereocenters. The molecule has 0 aliphatic rings. The number of carboxylic acid groups (broad SMARTS) is 1. The van der Waals surface area contributed by atoms with Gasteiger partial charge in [-0.25, -0.2) is 4.79 Å². The summed E-state index contributed by atoms with van der Waals surface area (Å²) in [4.78, 5) is 24.0. The Morgan fingerprint density at radius 1 is 1.12 bits per heavy atom. The Kier molecular flexibility index (Phi) is 6.71. The number of nitrogens with one attached hydrogen (secondary N) is 1. The van der Waals surface area contributed by atoms with Crippen LogP contribution in [0.15, 0.2) is 36.4 Å². The first-order valence-corrected chi connectivity index (χ1v) is 8.31. The van der Waals surface area contributed by atoms with Gasteiger partial charge >= 0.3 is 5.97 Å². The van der Waals surface area contributed by atoms with E-state index in [0.717, 1.165) is 0 Å². The smallest absolute Gasteiger partial charge is 0.326 e. The molecule has 0 saturated carbocycles. The van der Waals surface area contributed by atoms with Gasteiger partial charge in [0.25, 0.3) is 5.91 Å². The first-order chi connectivity index (χ1) is 12.3. The predicted octanol–water partition coefficient (Wildman–Crippen LogP) is 3.44. The minimum absolute atomic E-state index is 0.0203. The number of methoxy groups -OCH3 is 2. The zero-order valence-corrected chi connectivity index (χ0v) is 15.6. The number of rotatable bonds is 7. The van der Waals surface area contributed by atoms with Crippen molar-refractivity contribution >= 4 is 35.1 Å². The van der Waals surface area contributed by atoms with Crippen molar-refractivity contribution in [1.29, 1.82) is 0 Å². The Labute approximate surface area is 160 Å². The molecular weight excluding hydrogens is 381 g/mol. The van der Waals surface area contributed by atoms with Gasteiger partial charge in [0.05, 0.1) is 24.8 Å². The summed E-state index contributed by atoms with van der Waals surface area (Å²) < 4.78 is 10.4. The number of halogens is 2. The third kappa shape index (κ3) is 4.80. The van der Waals surface area contributed by atoms with Crippen molar-refractivity contribution in [3.8, 4) is 11.5 Å². The minimum atomic E-state index is -1.19. The molecule has 0 heterocycles. The van der Waals surface area contributed by atoms with Gasteiger partial charge in [0.15, 0.2) is 0 Å². The topological polar surface area (TPSA) is 84.9 Å². The highest BCUT2D eigenvalue weighted by molar-refractivity contribution is 6.35. The van der Waals surface area contributed by atoms with E-state index in [9.17, 15) is 14.7 Å². The molecular formula is C18H17Cl2NO5. The second kappa shape index (κ2) is 8.78. The van der Waals surface area contributed by atoms with Crippen LogP contribution in [-0.2, 0) is 11.2 Å². The van der Waals surface area contributed by atoms with Crippen LogP contribution < -0.4 is 14.8 Å². The second-order valence-electron chi connectivity index (χ2n) is 5.37. The van der Waals surface area contributed by atoms with Crippen LogP contribution in [0.25, 0.3) is 0 Å². The van der Waals surface area contributed by atoms with Crippen molar-refractivity contribution in [2.24, 2.45) is 0 Å². The average molecular weight is 398 g/mol. The van der Waals surface area contributed by atoms with Crippen LogP contribution in [0, 0.1) is 0 Å². The van der Waals surface area contributed by atoms with Gasteiger partial charge in [-0.2, -0.15) is 0 Å². The van der Waals surface area contributed by atoms with E-state index < -0.39 is 17.9 Å². The molecule has 26 heavy (non-hydrogen) atoms. The quantitative estimate of drug-likeness (QED) is 0.747. The van der Waals surface area contributed by atoms with Gasteiger partial charge in [-0.15, -0.1) is 0 Å². The van der Waals surface area contributed by atoms with Gasteiger partial charge in [-0.05, 0) is 29.8 Å². The largest absolute Gasteiger partial charge is 0.497 e. The summed E-state index contributed by atoms with van der Waals surface area (Å²) in [5.41, 5.74) is 0.713. The molecule has 0 aromatic heterocycles. The van der Waals surface area contributed by atoms with E-state index >= 15 is 0 Å². The molecule has 0 unspecified atom stereocenters. The normalized spacial score (nSPS) is 11.5. The maximum Gasteiger partial charge on any atom is 0.326 e. The number of hydrogen-bond acceptors (Lipinski definition) is 4. The summed E-state index contributed by atoms with van der Waals surface area (Å²) in [6.07, 6.45) is 0.0203. The van der Waals surface area contributed by atoms with Crippen molar-refractivity contribution in [2.75, 3.05) is 14.2 Å². The fourth-order valence-electron chi connectivity index (χ4n) is 2.35. The highest BCUT2D eigenvalue weighted by Crippen LogP contribution is 2.26. The van der Waals surface area contributed by atoms with Crippen molar-refractivity contribution in [3.63, 3.8) is 0 Å². The number of hydrogen-bond donors (Lipinski definition) is 2. The van der Waals surface area contributed by atoms with Gasteiger partial charge < -0.3 is 19.9 Å². The zero-order valence-electron chi connectivity index (χ0n) is 14.1. The van der Waals surface area contributed by atoms with E-state index in [1.807, 2.05) is 0 Å². The fourth-order valence-corrected chi connectivity index (χ4v) is 2.72. The van der Waals surface area contributed by atoms with Gasteiger partial charge in [0.1, 0.15) is 17.5 Å². The Hall–Kier alpha value is -2.44. The Morgan fingerprint density at radius 3 is 2.46 bits per heavy atom. The summed E-state index contributed by atoms with van der Waals surface area (Å²) >= 11 is 11.9. The molecule has 0 spiro atoms. The first-order valence-electron chi connectivity index (χ1n) is 7.55. The van der Waals surface area contributed by atoms with Gasteiger partial charge in [-0.3, -0.25) is 4.79 Å². The number of carbonyl (C=O) groups is 2. The second-order valence-corrected chi connectivity index (χ2v) is 6.21. The van der Waals surface area contributed by atoms with Crippen LogP contribution in [0.5, 0.6) is 11.5 Å². The lowest BCUT2D eigenvalue weighted by Gasteiger charge is -2.17. The lowest BCUT2D eigenvalue weighted by atomic mass is 10.0. The monoisotopic (exact) mass is 397 g/mol. The molecule has 6 nitrogen and oxygen atoms in total. The molecule has 1 amide bonds.